The first-order chi connectivity index (χ1) is 9.56. The number of amides is 1. The molecule has 0 bridgehead atoms. The van der Waals surface area contributed by atoms with Crippen molar-refractivity contribution in [3.63, 3.8) is 0 Å². The lowest BCUT2D eigenvalue weighted by atomic mass is 10.1. The van der Waals surface area contributed by atoms with Crippen LogP contribution in [-0.4, -0.2) is 42.8 Å². The minimum atomic E-state index is -1.30. The summed E-state index contributed by atoms with van der Waals surface area (Å²) in [6.07, 6.45) is -0.124. The van der Waals surface area contributed by atoms with Crippen molar-refractivity contribution in [3.05, 3.63) is 29.6 Å². The summed E-state index contributed by atoms with van der Waals surface area (Å²) in [5.41, 5.74) is -0.200. The number of carbonyl (C=O) groups excluding carboxylic acids is 1. The molecule has 0 spiro atoms. The molecule has 1 saturated heterocycles. The molecule has 6 nitrogen and oxygen atoms in total. The molecule has 0 aliphatic carbocycles. The highest BCUT2D eigenvalue weighted by Gasteiger charge is 2.19. The molecule has 1 heterocycles. The monoisotopic (exact) mass is 282 g/mol. The van der Waals surface area contributed by atoms with E-state index in [9.17, 15) is 14.0 Å². The number of hydrogen-bond donors (Lipinski definition) is 3. The fraction of sp³-hybridized carbons (Fsp3) is 0.385. The predicted molar refractivity (Wildman–Crippen MR) is 69.2 cm³/mol. The smallest absolute Gasteiger partial charge is 0.337 e. The fourth-order valence-corrected chi connectivity index (χ4v) is 1.96. The summed E-state index contributed by atoms with van der Waals surface area (Å²) < 4.78 is 18.4. The Morgan fingerprint density at radius 2 is 2.30 bits per heavy atom. The number of rotatable bonds is 4. The second-order valence-corrected chi connectivity index (χ2v) is 4.44. The Hall–Kier alpha value is -1.99. The van der Waals surface area contributed by atoms with Gasteiger partial charge >= 0.3 is 5.97 Å². The number of halogens is 1. The van der Waals surface area contributed by atoms with Crippen molar-refractivity contribution >= 4 is 17.6 Å². The van der Waals surface area contributed by atoms with Crippen LogP contribution in [0, 0.1) is 5.82 Å². The lowest BCUT2D eigenvalue weighted by Crippen LogP contribution is -2.40. The average molecular weight is 282 g/mol. The number of ether oxygens (including phenoxy) is 1. The third-order valence-corrected chi connectivity index (χ3v) is 2.90. The number of carbonyl (C=O) groups is 2. The zero-order valence-corrected chi connectivity index (χ0v) is 10.7. The highest BCUT2D eigenvalue weighted by Crippen LogP contribution is 2.17. The fourth-order valence-electron chi connectivity index (χ4n) is 1.96. The van der Waals surface area contributed by atoms with Gasteiger partial charge in [-0.2, -0.15) is 0 Å². The summed E-state index contributed by atoms with van der Waals surface area (Å²) in [5.74, 6) is -2.33. The van der Waals surface area contributed by atoms with Crippen molar-refractivity contribution in [2.75, 3.05) is 25.0 Å². The molecule has 1 aliphatic rings. The summed E-state index contributed by atoms with van der Waals surface area (Å²) in [5, 5.41) is 14.5. The Morgan fingerprint density at radius 1 is 1.50 bits per heavy atom. The molecule has 108 valence electrons. The quantitative estimate of drug-likeness (QED) is 0.761. The summed E-state index contributed by atoms with van der Waals surface area (Å²) in [7, 11) is 0. The van der Waals surface area contributed by atoms with E-state index >= 15 is 0 Å². The second-order valence-electron chi connectivity index (χ2n) is 4.44. The molecule has 1 amide bonds. The molecule has 0 saturated carbocycles. The van der Waals surface area contributed by atoms with Gasteiger partial charge in [0.2, 0.25) is 5.91 Å². The van der Waals surface area contributed by atoms with Gasteiger partial charge in [-0.1, -0.05) is 0 Å². The molecule has 7 heteroatoms. The Balaban J connectivity index is 2.01. The zero-order chi connectivity index (χ0) is 14.5. The second kappa shape index (κ2) is 6.44. The van der Waals surface area contributed by atoms with Crippen molar-refractivity contribution in [2.24, 2.45) is 0 Å². The Morgan fingerprint density at radius 3 is 2.95 bits per heavy atom. The van der Waals surface area contributed by atoms with Crippen LogP contribution in [0.3, 0.4) is 0 Å². The number of morpholine rings is 1. The van der Waals surface area contributed by atoms with Crippen molar-refractivity contribution in [2.45, 2.75) is 12.5 Å². The summed E-state index contributed by atoms with van der Waals surface area (Å²) in [6, 6.07) is 3.20. The van der Waals surface area contributed by atoms with Gasteiger partial charge in [0.15, 0.2) is 0 Å². The van der Waals surface area contributed by atoms with Crippen molar-refractivity contribution in [3.8, 4) is 0 Å². The van der Waals surface area contributed by atoms with Gasteiger partial charge in [0, 0.05) is 13.1 Å². The standard InChI is InChI=1S/C13H15FN2O4/c14-8-1-2-11(10(5-8)13(18)19)16-12(17)6-9-7-15-3-4-20-9/h1-2,5,9,15H,3-4,6-7H2,(H,16,17)(H,18,19). The molecule has 1 atom stereocenters. The normalized spacial score (nSPS) is 18.6. The predicted octanol–water partition coefficient (Wildman–Crippen LogP) is 0.841. The van der Waals surface area contributed by atoms with Crippen LogP contribution in [0.4, 0.5) is 10.1 Å². The maximum Gasteiger partial charge on any atom is 0.337 e. The maximum atomic E-state index is 13.0. The number of nitrogens with one attached hydrogen (secondary N) is 2. The summed E-state index contributed by atoms with van der Waals surface area (Å²) in [6.45, 7) is 1.86. The van der Waals surface area contributed by atoms with Crippen LogP contribution in [0.15, 0.2) is 18.2 Å². The van der Waals surface area contributed by atoms with E-state index in [-0.39, 0.29) is 29.7 Å². The molecule has 1 fully saturated rings. The number of carboxylic acids is 1. The number of anilines is 1. The maximum absolute atomic E-state index is 13.0. The molecule has 0 aromatic heterocycles. The van der Waals surface area contributed by atoms with E-state index in [1.807, 2.05) is 0 Å². The molecular formula is C13H15FN2O4. The van der Waals surface area contributed by atoms with E-state index < -0.39 is 11.8 Å². The van der Waals surface area contributed by atoms with Gasteiger partial charge in [0.05, 0.1) is 30.4 Å². The van der Waals surface area contributed by atoms with Gasteiger partial charge < -0.3 is 20.5 Å². The minimum absolute atomic E-state index is 0.0765. The van der Waals surface area contributed by atoms with Gasteiger partial charge in [-0.25, -0.2) is 9.18 Å². The summed E-state index contributed by atoms with van der Waals surface area (Å²) in [4.78, 5) is 22.8. The van der Waals surface area contributed by atoms with E-state index in [4.69, 9.17) is 9.84 Å². The van der Waals surface area contributed by atoms with Gasteiger partial charge in [0.25, 0.3) is 0 Å². The van der Waals surface area contributed by atoms with Gasteiger partial charge in [-0.3, -0.25) is 4.79 Å². The van der Waals surface area contributed by atoms with Crippen LogP contribution in [0.2, 0.25) is 0 Å². The Kier molecular flexibility index (Phi) is 4.65. The summed E-state index contributed by atoms with van der Waals surface area (Å²) >= 11 is 0. The molecule has 20 heavy (non-hydrogen) atoms. The third kappa shape index (κ3) is 3.75. The molecular weight excluding hydrogens is 267 g/mol. The third-order valence-electron chi connectivity index (χ3n) is 2.90. The van der Waals surface area contributed by atoms with Crippen LogP contribution in [-0.2, 0) is 9.53 Å². The Bertz CT molecular complexity index is 515. The van der Waals surface area contributed by atoms with Crippen LogP contribution in [0.25, 0.3) is 0 Å². The van der Waals surface area contributed by atoms with Crippen LogP contribution in [0.1, 0.15) is 16.8 Å². The molecule has 1 aliphatic heterocycles. The zero-order valence-electron chi connectivity index (χ0n) is 10.7. The van der Waals surface area contributed by atoms with Gasteiger partial charge in [-0.05, 0) is 18.2 Å². The molecule has 0 radical (unpaired) electrons. The first-order valence-corrected chi connectivity index (χ1v) is 6.21. The first kappa shape index (κ1) is 14.4. The van der Waals surface area contributed by atoms with E-state index in [0.717, 1.165) is 18.7 Å². The lowest BCUT2D eigenvalue weighted by molar-refractivity contribution is -0.119. The van der Waals surface area contributed by atoms with E-state index in [1.165, 1.54) is 6.07 Å². The van der Waals surface area contributed by atoms with Gasteiger partial charge in [-0.15, -0.1) is 0 Å². The van der Waals surface area contributed by atoms with E-state index in [0.29, 0.717) is 13.2 Å². The lowest BCUT2D eigenvalue weighted by Gasteiger charge is -2.23. The average Bonchev–Trinajstić information content (AvgIpc) is 2.41. The van der Waals surface area contributed by atoms with Crippen molar-refractivity contribution in [1.29, 1.82) is 0 Å². The van der Waals surface area contributed by atoms with E-state index in [2.05, 4.69) is 10.6 Å². The number of carboxylic acid groups (broad SMARTS) is 1. The molecule has 3 N–H and O–H groups in total. The Labute approximate surface area is 114 Å². The van der Waals surface area contributed by atoms with Crippen molar-refractivity contribution < 1.29 is 23.8 Å². The largest absolute Gasteiger partial charge is 0.478 e. The topological polar surface area (TPSA) is 87.7 Å². The minimum Gasteiger partial charge on any atom is -0.478 e. The number of benzene rings is 1. The molecule has 1 aromatic rings. The molecule has 2 rings (SSSR count). The first-order valence-electron chi connectivity index (χ1n) is 6.21. The van der Waals surface area contributed by atoms with Crippen LogP contribution < -0.4 is 10.6 Å². The molecule has 1 unspecified atom stereocenters. The highest BCUT2D eigenvalue weighted by atomic mass is 19.1. The van der Waals surface area contributed by atoms with Gasteiger partial charge in [0.1, 0.15) is 5.82 Å². The number of aromatic carboxylic acids is 1. The van der Waals surface area contributed by atoms with Crippen LogP contribution in [0.5, 0.6) is 0 Å². The van der Waals surface area contributed by atoms with Crippen molar-refractivity contribution in [1.82, 2.24) is 5.32 Å². The van der Waals surface area contributed by atoms with E-state index in [1.54, 1.807) is 0 Å². The SMILES string of the molecule is O=C(CC1CNCCO1)Nc1ccc(F)cc1C(=O)O. The van der Waals surface area contributed by atoms with Crippen LogP contribution >= 0.6 is 0 Å². The highest BCUT2D eigenvalue weighted by molar-refractivity contribution is 6.00. The number of hydrogen-bond acceptors (Lipinski definition) is 4. The molecule has 1 aromatic carbocycles.